The SMILES string of the molecule is CCC1CCCCC1(N)c1cc(N=C=S)cs1. The van der Waals surface area contributed by atoms with E-state index in [1.165, 1.54) is 24.1 Å². The first-order valence-electron chi connectivity index (χ1n) is 6.16. The van der Waals surface area contributed by atoms with Crippen LogP contribution in [0.5, 0.6) is 0 Å². The van der Waals surface area contributed by atoms with Crippen molar-refractivity contribution >= 4 is 34.4 Å². The van der Waals surface area contributed by atoms with Crippen LogP contribution >= 0.6 is 23.6 Å². The van der Waals surface area contributed by atoms with Crippen molar-refractivity contribution in [3.63, 3.8) is 0 Å². The zero-order valence-electron chi connectivity index (χ0n) is 10.1. The predicted octanol–water partition coefficient (Wildman–Crippen LogP) is 4.24. The Morgan fingerprint density at radius 1 is 1.65 bits per heavy atom. The van der Waals surface area contributed by atoms with Crippen LogP contribution in [0.3, 0.4) is 0 Å². The fourth-order valence-corrected chi connectivity index (χ4v) is 4.00. The maximum absolute atomic E-state index is 6.67. The second kappa shape index (κ2) is 5.40. The number of nitrogens with two attached hydrogens (primary N) is 1. The minimum atomic E-state index is -0.146. The van der Waals surface area contributed by atoms with Gasteiger partial charge in [-0.1, -0.05) is 26.2 Å². The van der Waals surface area contributed by atoms with E-state index in [-0.39, 0.29) is 5.54 Å². The Labute approximate surface area is 112 Å². The van der Waals surface area contributed by atoms with E-state index in [1.807, 2.05) is 5.38 Å². The van der Waals surface area contributed by atoms with Gasteiger partial charge in [0.15, 0.2) is 0 Å². The lowest BCUT2D eigenvalue weighted by Crippen LogP contribution is -2.45. The molecule has 1 fully saturated rings. The number of hydrogen-bond donors (Lipinski definition) is 1. The van der Waals surface area contributed by atoms with E-state index in [4.69, 9.17) is 5.73 Å². The number of aliphatic imine (C=N–C) groups is 1. The van der Waals surface area contributed by atoms with E-state index in [1.54, 1.807) is 11.3 Å². The molecule has 1 aliphatic carbocycles. The Bertz CT molecular complexity index is 434. The van der Waals surface area contributed by atoms with Crippen molar-refractivity contribution in [2.45, 2.75) is 44.6 Å². The summed E-state index contributed by atoms with van der Waals surface area (Å²) in [4.78, 5) is 5.28. The van der Waals surface area contributed by atoms with Gasteiger partial charge in [0.25, 0.3) is 0 Å². The molecule has 0 saturated heterocycles. The molecular weight excluding hydrogens is 248 g/mol. The third-order valence-electron chi connectivity index (χ3n) is 3.83. The molecule has 0 spiro atoms. The molecular formula is C13H18N2S2. The number of rotatable bonds is 3. The van der Waals surface area contributed by atoms with Crippen molar-refractivity contribution < 1.29 is 0 Å². The first-order valence-corrected chi connectivity index (χ1v) is 7.45. The quantitative estimate of drug-likeness (QED) is 0.656. The summed E-state index contributed by atoms with van der Waals surface area (Å²) in [5.74, 6) is 0.596. The molecule has 0 aromatic carbocycles. The van der Waals surface area contributed by atoms with Gasteiger partial charge in [-0.25, -0.2) is 0 Å². The fourth-order valence-electron chi connectivity index (χ4n) is 2.84. The molecule has 1 aromatic heterocycles. The Morgan fingerprint density at radius 2 is 2.47 bits per heavy atom. The number of hydrogen-bond acceptors (Lipinski definition) is 4. The van der Waals surface area contributed by atoms with Gasteiger partial charge in [0, 0.05) is 10.3 Å². The molecule has 2 unspecified atom stereocenters. The summed E-state index contributed by atoms with van der Waals surface area (Å²) in [7, 11) is 0. The number of nitrogens with zero attached hydrogens (tertiary/aromatic N) is 1. The fraction of sp³-hybridized carbons (Fsp3) is 0.615. The standard InChI is InChI=1S/C13H18N2S2/c1-2-10-5-3-4-6-13(10,14)12-7-11(8-17-12)15-9-16/h7-8,10H,2-6,14H2,1H3. The summed E-state index contributed by atoms with van der Waals surface area (Å²) >= 11 is 6.34. The van der Waals surface area contributed by atoms with Crippen molar-refractivity contribution in [2.24, 2.45) is 16.6 Å². The van der Waals surface area contributed by atoms with Gasteiger partial charge in [0.05, 0.1) is 16.4 Å². The van der Waals surface area contributed by atoms with E-state index >= 15 is 0 Å². The molecule has 92 valence electrons. The summed E-state index contributed by atoms with van der Waals surface area (Å²) in [5.41, 5.74) is 7.41. The molecule has 1 aliphatic rings. The van der Waals surface area contributed by atoms with Crippen LogP contribution in [0, 0.1) is 5.92 Å². The summed E-state index contributed by atoms with van der Waals surface area (Å²) < 4.78 is 0. The topological polar surface area (TPSA) is 38.4 Å². The van der Waals surface area contributed by atoms with Gasteiger partial charge in [-0.15, -0.1) is 11.3 Å². The van der Waals surface area contributed by atoms with Crippen LogP contribution in [0.1, 0.15) is 43.9 Å². The van der Waals surface area contributed by atoms with Gasteiger partial charge in [-0.05, 0) is 37.0 Å². The molecule has 4 heteroatoms. The highest BCUT2D eigenvalue weighted by Gasteiger charge is 2.38. The number of thiophene rings is 1. The highest BCUT2D eigenvalue weighted by molar-refractivity contribution is 7.78. The molecule has 0 aliphatic heterocycles. The molecule has 0 radical (unpaired) electrons. The number of thiocarbonyl (C=S) groups is 1. The van der Waals surface area contributed by atoms with E-state index in [0.29, 0.717) is 5.92 Å². The summed E-state index contributed by atoms with van der Waals surface area (Å²) in [5, 5.41) is 4.43. The van der Waals surface area contributed by atoms with Crippen molar-refractivity contribution in [1.29, 1.82) is 0 Å². The second-order valence-corrected chi connectivity index (χ2v) is 5.86. The largest absolute Gasteiger partial charge is 0.321 e. The Hall–Kier alpha value is -0.540. The molecule has 17 heavy (non-hydrogen) atoms. The van der Waals surface area contributed by atoms with Gasteiger partial charge in [-0.2, -0.15) is 4.99 Å². The molecule has 0 bridgehead atoms. The molecule has 1 aromatic rings. The van der Waals surface area contributed by atoms with E-state index in [9.17, 15) is 0 Å². The first-order chi connectivity index (χ1) is 8.20. The van der Waals surface area contributed by atoms with Gasteiger partial charge in [0.1, 0.15) is 0 Å². The van der Waals surface area contributed by atoms with Crippen LogP contribution in [0.4, 0.5) is 5.69 Å². The summed E-state index contributed by atoms with van der Waals surface area (Å²) in [6.45, 7) is 2.24. The van der Waals surface area contributed by atoms with Crippen molar-refractivity contribution in [1.82, 2.24) is 0 Å². The second-order valence-electron chi connectivity index (χ2n) is 4.76. The van der Waals surface area contributed by atoms with Crippen LogP contribution in [0.25, 0.3) is 0 Å². The zero-order valence-corrected chi connectivity index (χ0v) is 11.7. The Kier molecular flexibility index (Phi) is 4.10. The molecule has 2 rings (SSSR count). The summed E-state index contributed by atoms with van der Waals surface area (Å²) in [6.07, 6.45) is 6.04. The number of isothiocyanates is 1. The van der Waals surface area contributed by atoms with E-state index in [2.05, 4.69) is 35.4 Å². The monoisotopic (exact) mass is 266 g/mol. The molecule has 2 nitrogen and oxygen atoms in total. The van der Waals surface area contributed by atoms with E-state index in [0.717, 1.165) is 18.5 Å². The average molecular weight is 266 g/mol. The van der Waals surface area contributed by atoms with Crippen LogP contribution in [-0.4, -0.2) is 5.16 Å². The van der Waals surface area contributed by atoms with Crippen molar-refractivity contribution in [2.75, 3.05) is 0 Å². The van der Waals surface area contributed by atoms with Gasteiger partial charge in [0.2, 0.25) is 0 Å². The van der Waals surface area contributed by atoms with E-state index < -0.39 is 0 Å². The third kappa shape index (κ3) is 2.50. The van der Waals surface area contributed by atoms with Gasteiger partial charge >= 0.3 is 0 Å². The predicted molar refractivity (Wildman–Crippen MR) is 77.1 cm³/mol. The lowest BCUT2D eigenvalue weighted by Gasteiger charge is -2.40. The van der Waals surface area contributed by atoms with Crippen molar-refractivity contribution in [3.05, 3.63) is 16.3 Å². The highest BCUT2D eigenvalue weighted by atomic mass is 32.1. The lowest BCUT2D eigenvalue weighted by atomic mass is 9.71. The zero-order chi connectivity index (χ0) is 12.3. The maximum Gasteiger partial charge on any atom is 0.0849 e. The minimum absolute atomic E-state index is 0.146. The van der Waals surface area contributed by atoms with Gasteiger partial charge in [-0.3, -0.25) is 0 Å². The van der Waals surface area contributed by atoms with Crippen molar-refractivity contribution in [3.8, 4) is 0 Å². The maximum atomic E-state index is 6.67. The third-order valence-corrected chi connectivity index (χ3v) is 5.04. The summed E-state index contributed by atoms with van der Waals surface area (Å²) in [6, 6.07) is 2.08. The average Bonchev–Trinajstić information content (AvgIpc) is 2.79. The Morgan fingerprint density at radius 3 is 3.18 bits per heavy atom. The smallest absolute Gasteiger partial charge is 0.0849 e. The molecule has 1 saturated carbocycles. The minimum Gasteiger partial charge on any atom is -0.321 e. The molecule has 0 amide bonds. The van der Waals surface area contributed by atoms with Crippen LogP contribution in [0.2, 0.25) is 0 Å². The van der Waals surface area contributed by atoms with Crippen LogP contribution < -0.4 is 5.73 Å². The van der Waals surface area contributed by atoms with Crippen LogP contribution in [0.15, 0.2) is 16.4 Å². The normalized spacial score (nSPS) is 28.7. The van der Waals surface area contributed by atoms with Gasteiger partial charge < -0.3 is 5.73 Å². The first kappa shape index (κ1) is 12.9. The molecule has 1 heterocycles. The highest BCUT2D eigenvalue weighted by Crippen LogP contribution is 2.44. The molecule has 2 N–H and O–H groups in total. The Balaban J connectivity index is 2.30. The van der Waals surface area contributed by atoms with Crippen LogP contribution in [-0.2, 0) is 5.54 Å². The molecule has 2 atom stereocenters. The lowest BCUT2D eigenvalue weighted by molar-refractivity contribution is 0.188.